The summed E-state index contributed by atoms with van der Waals surface area (Å²) in [5.74, 6) is 0.692. The van der Waals surface area contributed by atoms with Gasteiger partial charge in [0.15, 0.2) is 0 Å². The Labute approximate surface area is 112 Å². The zero-order chi connectivity index (χ0) is 13.9. The van der Waals surface area contributed by atoms with Crippen LogP contribution in [0, 0.1) is 0 Å². The third-order valence-corrected chi connectivity index (χ3v) is 2.99. The molecule has 1 heterocycles. The van der Waals surface area contributed by atoms with E-state index in [0.29, 0.717) is 12.1 Å². The van der Waals surface area contributed by atoms with Crippen LogP contribution < -0.4 is 5.32 Å². The molecular formula is C15H17NO3. The number of amides is 1. The van der Waals surface area contributed by atoms with Crippen molar-refractivity contribution in [3.05, 3.63) is 54.0 Å². The van der Waals surface area contributed by atoms with Gasteiger partial charge in [-0.1, -0.05) is 19.9 Å². The molecule has 0 aliphatic rings. The van der Waals surface area contributed by atoms with Crippen LogP contribution in [0.3, 0.4) is 0 Å². The molecule has 0 saturated heterocycles. The van der Waals surface area contributed by atoms with E-state index in [0.717, 1.165) is 5.76 Å². The summed E-state index contributed by atoms with van der Waals surface area (Å²) in [4.78, 5) is 12.0. The van der Waals surface area contributed by atoms with E-state index >= 15 is 0 Å². The largest absolute Gasteiger partial charge is 0.508 e. The maximum absolute atomic E-state index is 12.0. The quantitative estimate of drug-likeness (QED) is 0.887. The predicted octanol–water partition coefficient (Wildman–Crippen LogP) is 2.69. The Kier molecular flexibility index (Phi) is 3.60. The van der Waals surface area contributed by atoms with Crippen LogP contribution in [0.25, 0.3) is 0 Å². The number of hydrogen-bond acceptors (Lipinski definition) is 3. The summed E-state index contributed by atoms with van der Waals surface area (Å²) in [5, 5.41) is 12.2. The highest BCUT2D eigenvalue weighted by molar-refractivity contribution is 5.94. The third kappa shape index (κ3) is 3.16. The van der Waals surface area contributed by atoms with E-state index in [2.05, 4.69) is 5.32 Å². The second kappa shape index (κ2) is 5.18. The number of phenols is 1. The number of aromatic hydroxyl groups is 1. The van der Waals surface area contributed by atoms with Crippen LogP contribution >= 0.6 is 0 Å². The van der Waals surface area contributed by atoms with Gasteiger partial charge in [-0.3, -0.25) is 4.79 Å². The molecule has 0 spiro atoms. The second-order valence-corrected chi connectivity index (χ2v) is 5.09. The maximum Gasteiger partial charge on any atom is 0.251 e. The number of phenolic OH excluding ortho intramolecular Hbond substituents is 1. The van der Waals surface area contributed by atoms with Crippen LogP contribution in [0.5, 0.6) is 5.75 Å². The Morgan fingerprint density at radius 2 is 2.11 bits per heavy atom. The van der Waals surface area contributed by atoms with Gasteiger partial charge in [0.05, 0.1) is 6.26 Å². The minimum atomic E-state index is -0.282. The van der Waals surface area contributed by atoms with Gasteiger partial charge in [-0.15, -0.1) is 0 Å². The third-order valence-electron chi connectivity index (χ3n) is 2.99. The molecule has 1 aromatic heterocycles. The summed E-state index contributed by atoms with van der Waals surface area (Å²) in [6.07, 6.45) is 1.62. The smallest absolute Gasteiger partial charge is 0.251 e. The summed E-state index contributed by atoms with van der Waals surface area (Å²) in [7, 11) is 0. The Morgan fingerprint density at radius 3 is 2.74 bits per heavy atom. The Hall–Kier alpha value is -2.23. The summed E-state index contributed by atoms with van der Waals surface area (Å²) < 4.78 is 5.36. The van der Waals surface area contributed by atoms with E-state index in [4.69, 9.17) is 4.42 Å². The molecule has 0 aliphatic heterocycles. The van der Waals surface area contributed by atoms with Gasteiger partial charge in [0, 0.05) is 17.5 Å². The molecule has 0 fully saturated rings. The minimum absolute atomic E-state index is 0.0814. The SMILES string of the molecule is CC(C)(CNC(=O)c1cccc(O)c1)c1ccco1. The standard InChI is InChI=1S/C15H17NO3/c1-15(2,13-7-4-8-19-13)10-16-14(18)11-5-3-6-12(17)9-11/h3-9,17H,10H2,1-2H3,(H,16,18). The molecule has 19 heavy (non-hydrogen) atoms. The highest BCUT2D eigenvalue weighted by atomic mass is 16.3. The molecule has 0 aliphatic carbocycles. The van der Waals surface area contributed by atoms with Gasteiger partial charge in [0.1, 0.15) is 11.5 Å². The van der Waals surface area contributed by atoms with Crippen molar-refractivity contribution in [1.82, 2.24) is 5.32 Å². The lowest BCUT2D eigenvalue weighted by molar-refractivity contribution is 0.0943. The first-order valence-electron chi connectivity index (χ1n) is 6.10. The summed E-state index contributed by atoms with van der Waals surface area (Å²) >= 11 is 0. The van der Waals surface area contributed by atoms with E-state index < -0.39 is 0 Å². The van der Waals surface area contributed by atoms with E-state index in [9.17, 15) is 9.90 Å². The van der Waals surface area contributed by atoms with Crippen molar-refractivity contribution in [3.63, 3.8) is 0 Å². The molecule has 100 valence electrons. The van der Waals surface area contributed by atoms with Gasteiger partial charge < -0.3 is 14.8 Å². The molecule has 0 bridgehead atoms. The zero-order valence-corrected chi connectivity index (χ0v) is 11.0. The fraction of sp³-hybridized carbons (Fsp3) is 0.267. The van der Waals surface area contributed by atoms with Gasteiger partial charge in [-0.05, 0) is 30.3 Å². The molecule has 2 N–H and O–H groups in total. The monoisotopic (exact) mass is 259 g/mol. The molecule has 2 aromatic rings. The number of carbonyl (C=O) groups excluding carboxylic acids is 1. The van der Waals surface area contributed by atoms with Crippen LogP contribution in [-0.2, 0) is 5.41 Å². The Balaban J connectivity index is 2.01. The Bertz CT molecular complexity index is 559. The first-order valence-corrected chi connectivity index (χ1v) is 6.10. The fourth-order valence-corrected chi connectivity index (χ4v) is 1.80. The van der Waals surface area contributed by atoms with Gasteiger partial charge in [-0.25, -0.2) is 0 Å². The second-order valence-electron chi connectivity index (χ2n) is 5.09. The average molecular weight is 259 g/mol. The zero-order valence-electron chi connectivity index (χ0n) is 11.0. The molecule has 0 unspecified atom stereocenters. The molecule has 0 radical (unpaired) electrons. The number of benzene rings is 1. The molecule has 1 aromatic carbocycles. The number of furan rings is 1. The van der Waals surface area contributed by atoms with Crippen molar-refractivity contribution in [2.24, 2.45) is 0 Å². The molecular weight excluding hydrogens is 242 g/mol. The minimum Gasteiger partial charge on any atom is -0.508 e. The summed E-state index contributed by atoms with van der Waals surface area (Å²) in [5.41, 5.74) is 0.158. The molecule has 4 heteroatoms. The van der Waals surface area contributed by atoms with Crippen molar-refractivity contribution in [1.29, 1.82) is 0 Å². The van der Waals surface area contributed by atoms with Crippen molar-refractivity contribution < 1.29 is 14.3 Å². The van der Waals surface area contributed by atoms with Crippen molar-refractivity contribution in [2.75, 3.05) is 6.54 Å². The van der Waals surface area contributed by atoms with Gasteiger partial charge in [-0.2, -0.15) is 0 Å². The van der Waals surface area contributed by atoms with E-state index in [-0.39, 0.29) is 17.1 Å². The van der Waals surface area contributed by atoms with Crippen molar-refractivity contribution >= 4 is 5.91 Å². The van der Waals surface area contributed by atoms with Gasteiger partial charge >= 0.3 is 0 Å². The van der Waals surface area contributed by atoms with Crippen LogP contribution in [-0.4, -0.2) is 17.6 Å². The van der Waals surface area contributed by atoms with Gasteiger partial charge in [0.2, 0.25) is 0 Å². The molecule has 4 nitrogen and oxygen atoms in total. The van der Waals surface area contributed by atoms with Crippen molar-refractivity contribution in [3.8, 4) is 5.75 Å². The average Bonchev–Trinajstić information content (AvgIpc) is 2.90. The lowest BCUT2D eigenvalue weighted by Gasteiger charge is -2.22. The highest BCUT2D eigenvalue weighted by Gasteiger charge is 2.24. The normalized spacial score (nSPS) is 11.3. The maximum atomic E-state index is 12.0. The molecule has 1 amide bonds. The molecule has 2 rings (SSSR count). The fourth-order valence-electron chi connectivity index (χ4n) is 1.80. The summed E-state index contributed by atoms with van der Waals surface area (Å²) in [6.45, 7) is 4.44. The first-order chi connectivity index (χ1) is 8.99. The highest BCUT2D eigenvalue weighted by Crippen LogP contribution is 2.22. The lowest BCUT2D eigenvalue weighted by atomic mass is 9.90. The number of rotatable bonds is 4. The van der Waals surface area contributed by atoms with E-state index in [1.54, 1.807) is 18.4 Å². The van der Waals surface area contributed by atoms with Crippen LogP contribution in [0.1, 0.15) is 30.0 Å². The number of carbonyl (C=O) groups is 1. The van der Waals surface area contributed by atoms with Gasteiger partial charge in [0.25, 0.3) is 5.91 Å². The Morgan fingerprint density at radius 1 is 1.32 bits per heavy atom. The lowest BCUT2D eigenvalue weighted by Crippen LogP contribution is -2.36. The molecule has 0 atom stereocenters. The number of nitrogens with one attached hydrogen (secondary N) is 1. The van der Waals surface area contributed by atoms with Crippen LogP contribution in [0.2, 0.25) is 0 Å². The van der Waals surface area contributed by atoms with Crippen LogP contribution in [0.4, 0.5) is 0 Å². The van der Waals surface area contributed by atoms with E-state index in [1.807, 2.05) is 26.0 Å². The number of hydrogen-bond donors (Lipinski definition) is 2. The molecule has 0 saturated carbocycles. The predicted molar refractivity (Wildman–Crippen MR) is 72.2 cm³/mol. The van der Waals surface area contributed by atoms with Crippen molar-refractivity contribution in [2.45, 2.75) is 19.3 Å². The first kappa shape index (κ1) is 13.2. The van der Waals surface area contributed by atoms with E-state index in [1.165, 1.54) is 12.1 Å². The summed E-state index contributed by atoms with van der Waals surface area (Å²) in [6, 6.07) is 9.99. The van der Waals surface area contributed by atoms with Crippen LogP contribution in [0.15, 0.2) is 47.1 Å². The topological polar surface area (TPSA) is 62.5 Å².